The van der Waals surface area contributed by atoms with Gasteiger partial charge < -0.3 is 5.32 Å². The predicted octanol–water partition coefficient (Wildman–Crippen LogP) is 0.914. The Labute approximate surface area is 93.5 Å². The van der Waals surface area contributed by atoms with E-state index in [9.17, 15) is 0 Å². The van der Waals surface area contributed by atoms with E-state index in [1.54, 1.807) is 23.3 Å². The molecule has 0 aliphatic heterocycles. The highest BCUT2D eigenvalue weighted by Crippen LogP contribution is 2.18. The molecule has 0 saturated heterocycles. The van der Waals surface area contributed by atoms with Gasteiger partial charge in [0.25, 0.3) is 0 Å². The van der Waals surface area contributed by atoms with Crippen molar-refractivity contribution in [2.45, 2.75) is 25.4 Å². The molecule has 2 aromatic heterocycles. The highest BCUT2D eigenvalue weighted by Gasteiger charge is 2.20. The Bertz CT molecular complexity index is 461. The maximum atomic E-state index is 4.49. The number of hydrogen-bond donors (Lipinski definition) is 1. The van der Waals surface area contributed by atoms with Gasteiger partial charge in [0, 0.05) is 31.2 Å². The molecule has 1 aliphatic carbocycles. The molecule has 2 aromatic rings. The van der Waals surface area contributed by atoms with Crippen molar-refractivity contribution in [1.29, 1.82) is 0 Å². The average Bonchev–Trinajstić information content (AvgIpc) is 2.99. The SMILES string of the molecule is c1cnn(-c2cncc(CNC3CC3)n2)c1. The number of nitrogens with zero attached hydrogens (tertiary/aromatic N) is 4. The van der Waals surface area contributed by atoms with Crippen LogP contribution >= 0.6 is 0 Å². The lowest BCUT2D eigenvalue weighted by Crippen LogP contribution is -2.17. The fraction of sp³-hybridized carbons (Fsp3) is 0.364. The highest BCUT2D eigenvalue weighted by atomic mass is 15.3. The van der Waals surface area contributed by atoms with E-state index in [1.807, 2.05) is 12.3 Å². The lowest BCUT2D eigenvalue weighted by atomic mass is 10.4. The standard InChI is InChI=1S/C11H13N5/c1-4-14-16(5-1)11-8-12-6-10(15-11)7-13-9-2-3-9/h1,4-6,8-9,13H,2-3,7H2. The summed E-state index contributed by atoms with van der Waals surface area (Å²) in [5, 5.41) is 7.54. The van der Waals surface area contributed by atoms with Crippen molar-refractivity contribution in [3.8, 4) is 5.82 Å². The number of nitrogens with one attached hydrogen (secondary N) is 1. The van der Waals surface area contributed by atoms with Crippen molar-refractivity contribution >= 4 is 0 Å². The first kappa shape index (κ1) is 9.47. The summed E-state index contributed by atoms with van der Waals surface area (Å²) < 4.78 is 1.72. The van der Waals surface area contributed by atoms with Crippen LogP contribution in [0.1, 0.15) is 18.5 Å². The van der Waals surface area contributed by atoms with Gasteiger partial charge in [-0.2, -0.15) is 5.10 Å². The lowest BCUT2D eigenvalue weighted by Gasteiger charge is -2.04. The Morgan fingerprint density at radius 3 is 3.06 bits per heavy atom. The van der Waals surface area contributed by atoms with Gasteiger partial charge in [0.05, 0.1) is 11.9 Å². The summed E-state index contributed by atoms with van der Waals surface area (Å²) in [5.74, 6) is 0.764. The van der Waals surface area contributed by atoms with Crippen molar-refractivity contribution in [2.75, 3.05) is 0 Å². The maximum absolute atomic E-state index is 4.49. The van der Waals surface area contributed by atoms with Crippen molar-refractivity contribution in [2.24, 2.45) is 0 Å². The molecule has 1 aliphatic rings. The molecule has 0 amide bonds. The van der Waals surface area contributed by atoms with Gasteiger partial charge >= 0.3 is 0 Å². The first-order chi connectivity index (χ1) is 7.92. The van der Waals surface area contributed by atoms with Gasteiger partial charge in [-0.1, -0.05) is 0 Å². The van der Waals surface area contributed by atoms with Gasteiger partial charge in [-0.25, -0.2) is 9.67 Å². The largest absolute Gasteiger partial charge is 0.308 e. The molecule has 0 bridgehead atoms. The first-order valence-electron chi connectivity index (χ1n) is 5.46. The fourth-order valence-corrected chi connectivity index (χ4v) is 1.53. The average molecular weight is 215 g/mol. The Morgan fingerprint density at radius 1 is 1.38 bits per heavy atom. The molecule has 0 aromatic carbocycles. The fourth-order valence-electron chi connectivity index (χ4n) is 1.53. The Balaban J connectivity index is 1.76. The maximum Gasteiger partial charge on any atom is 0.172 e. The van der Waals surface area contributed by atoms with E-state index in [0.29, 0.717) is 6.04 Å². The molecule has 1 fully saturated rings. The summed E-state index contributed by atoms with van der Waals surface area (Å²) in [7, 11) is 0. The predicted molar refractivity (Wildman–Crippen MR) is 59.0 cm³/mol. The van der Waals surface area contributed by atoms with Gasteiger partial charge in [0.2, 0.25) is 0 Å². The van der Waals surface area contributed by atoms with Crippen LogP contribution in [0.5, 0.6) is 0 Å². The van der Waals surface area contributed by atoms with E-state index in [2.05, 4.69) is 20.4 Å². The normalized spacial score (nSPS) is 15.2. The van der Waals surface area contributed by atoms with E-state index in [-0.39, 0.29) is 0 Å². The third kappa shape index (κ3) is 2.09. The first-order valence-corrected chi connectivity index (χ1v) is 5.46. The molecular weight excluding hydrogens is 202 g/mol. The summed E-state index contributed by atoms with van der Waals surface area (Å²) in [4.78, 5) is 8.67. The number of aromatic nitrogens is 4. The van der Waals surface area contributed by atoms with Gasteiger partial charge in [-0.15, -0.1) is 0 Å². The van der Waals surface area contributed by atoms with Gasteiger partial charge in [0.15, 0.2) is 5.82 Å². The van der Waals surface area contributed by atoms with Crippen molar-refractivity contribution < 1.29 is 0 Å². The van der Waals surface area contributed by atoms with Crippen molar-refractivity contribution in [1.82, 2.24) is 25.1 Å². The van der Waals surface area contributed by atoms with Crippen LogP contribution in [0.4, 0.5) is 0 Å². The van der Waals surface area contributed by atoms with Crippen molar-refractivity contribution in [3.63, 3.8) is 0 Å². The molecule has 5 nitrogen and oxygen atoms in total. The molecule has 0 spiro atoms. The molecule has 2 heterocycles. The molecule has 0 radical (unpaired) electrons. The summed E-state index contributed by atoms with van der Waals surface area (Å²) >= 11 is 0. The summed E-state index contributed by atoms with van der Waals surface area (Å²) in [6.07, 6.45) is 9.67. The third-order valence-corrected chi connectivity index (χ3v) is 2.56. The Kier molecular flexibility index (Phi) is 2.38. The zero-order chi connectivity index (χ0) is 10.8. The van der Waals surface area contributed by atoms with Crippen LogP contribution in [0.15, 0.2) is 30.9 Å². The minimum Gasteiger partial charge on any atom is -0.308 e. The zero-order valence-corrected chi connectivity index (χ0v) is 8.87. The van der Waals surface area contributed by atoms with Crippen LogP contribution in [0.2, 0.25) is 0 Å². The van der Waals surface area contributed by atoms with Crippen LogP contribution in [0.25, 0.3) is 5.82 Å². The minimum absolute atomic E-state index is 0.690. The molecular formula is C11H13N5. The second-order valence-electron chi connectivity index (χ2n) is 3.97. The van der Waals surface area contributed by atoms with E-state index < -0.39 is 0 Å². The molecule has 1 saturated carbocycles. The molecule has 0 atom stereocenters. The molecule has 1 N–H and O–H groups in total. The molecule has 0 unspecified atom stereocenters. The summed E-state index contributed by atoms with van der Waals surface area (Å²) in [6, 6.07) is 2.56. The van der Waals surface area contributed by atoms with Crippen LogP contribution in [0.3, 0.4) is 0 Å². The molecule has 3 rings (SSSR count). The molecule has 5 heteroatoms. The van der Waals surface area contributed by atoms with Gasteiger partial charge in [-0.05, 0) is 18.9 Å². The highest BCUT2D eigenvalue weighted by molar-refractivity contribution is 5.18. The van der Waals surface area contributed by atoms with E-state index in [4.69, 9.17) is 0 Å². The molecule has 16 heavy (non-hydrogen) atoms. The minimum atomic E-state index is 0.690. The number of hydrogen-bond acceptors (Lipinski definition) is 4. The van der Waals surface area contributed by atoms with Gasteiger partial charge in [0.1, 0.15) is 0 Å². The third-order valence-electron chi connectivity index (χ3n) is 2.56. The smallest absolute Gasteiger partial charge is 0.172 e. The second kappa shape index (κ2) is 4.02. The lowest BCUT2D eigenvalue weighted by molar-refractivity contribution is 0.667. The van der Waals surface area contributed by atoms with Crippen molar-refractivity contribution in [3.05, 3.63) is 36.5 Å². The van der Waals surface area contributed by atoms with Gasteiger partial charge in [-0.3, -0.25) is 4.98 Å². The topological polar surface area (TPSA) is 55.6 Å². The Morgan fingerprint density at radius 2 is 2.31 bits per heavy atom. The summed E-state index contributed by atoms with van der Waals surface area (Å²) in [5.41, 5.74) is 0.958. The van der Waals surface area contributed by atoms with Crippen LogP contribution in [-0.4, -0.2) is 25.8 Å². The quantitative estimate of drug-likeness (QED) is 0.823. The molecule has 82 valence electrons. The zero-order valence-electron chi connectivity index (χ0n) is 8.87. The second-order valence-corrected chi connectivity index (χ2v) is 3.97. The van der Waals surface area contributed by atoms with Crippen LogP contribution in [0, 0.1) is 0 Å². The van der Waals surface area contributed by atoms with E-state index in [1.165, 1.54) is 12.8 Å². The van der Waals surface area contributed by atoms with E-state index >= 15 is 0 Å². The Hall–Kier alpha value is -1.75. The van der Waals surface area contributed by atoms with E-state index in [0.717, 1.165) is 18.1 Å². The van der Waals surface area contributed by atoms with Crippen LogP contribution < -0.4 is 5.32 Å². The monoisotopic (exact) mass is 215 g/mol. The summed E-state index contributed by atoms with van der Waals surface area (Å²) in [6.45, 7) is 0.784. The van der Waals surface area contributed by atoms with Crippen LogP contribution in [-0.2, 0) is 6.54 Å². The number of rotatable bonds is 4.